The first-order valence-corrected chi connectivity index (χ1v) is 7.16. The number of aliphatic carboxylic acids is 1. The fourth-order valence-corrected chi connectivity index (χ4v) is 2.33. The molecule has 0 radical (unpaired) electrons. The Labute approximate surface area is 128 Å². The van der Waals surface area contributed by atoms with Crippen LogP contribution in [0, 0.1) is 5.92 Å². The van der Waals surface area contributed by atoms with Gasteiger partial charge in [0.05, 0.1) is 11.6 Å². The molecule has 1 atom stereocenters. The number of hydrogen-bond donors (Lipinski definition) is 2. The molecule has 1 aromatic carbocycles. The van der Waals surface area contributed by atoms with Crippen molar-refractivity contribution in [3.63, 3.8) is 0 Å². The van der Waals surface area contributed by atoms with Crippen molar-refractivity contribution in [2.45, 2.75) is 26.4 Å². The maximum atomic E-state index is 11.1. The van der Waals surface area contributed by atoms with E-state index < -0.39 is 12.0 Å². The van der Waals surface area contributed by atoms with Crippen LogP contribution in [0.5, 0.6) is 0 Å². The molecule has 2 N–H and O–H groups in total. The Kier molecular flexibility index (Phi) is 5.04. The van der Waals surface area contributed by atoms with Gasteiger partial charge in [-0.3, -0.25) is 10.1 Å². The van der Waals surface area contributed by atoms with Crippen molar-refractivity contribution in [1.29, 1.82) is 0 Å². The van der Waals surface area contributed by atoms with E-state index >= 15 is 0 Å². The first-order valence-electron chi connectivity index (χ1n) is 6.79. The molecule has 21 heavy (non-hydrogen) atoms. The minimum Gasteiger partial charge on any atom is -0.480 e. The number of halogens is 1. The zero-order valence-corrected chi connectivity index (χ0v) is 12.7. The van der Waals surface area contributed by atoms with Crippen LogP contribution in [0.3, 0.4) is 0 Å². The van der Waals surface area contributed by atoms with E-state index in [1.54, 1.807) is 6.07 Å². The van der Waals surface area contributed by atoms with Crippen LogP contribution in [0.25, 0.3) is 11.3 Å². The van der Waals surface area contributed by atoms with Gasteiger partial charge in [0, 0.05) is 5.56 Å². The summed E-state index contributed by atoms with van der Waals surface area (Å²) in [5, 5.41) is 12.7. The molecule has 0 fully saturated rings. The molecule has 0 aliphatic rings. The standard InChI is InChI=1S/C16H18ClNO3/c1-10(2)15(16(19)20)18-9-11-7-8-14(21-11)12-5-3-4-6-13(12)17/h3-8,10,15,18H,9H2,1-2H3,(H,19,20). The van der Waals surface area contributed by atoms with E-state index in [0.717, 1.165) is 5.56 Å². The highest BCUT2D eigenvalue weighted by molar-refractivity contribution is 6.33. The van der Waals surface area contributed by atoms with Gasteiger partial charge in [0.15, 0.2) is 0 Å². The van der Waals surface area contributed by atoms with Crippen molar-refractivity contribution in [2.24, 2.45) is 5.92 Å². The number of benzene rings is 1. The summed E-state index contributed by atoms with van der Waals surface area (Å²) >= 11 is 6.13. The Bertz CT molecular complexity index is 621. The highest BCUT2D eigenvalue weighted by Crippen LogP contribution is 2.29. The molecule has 0 saturated heterocycles. The maximum Gasteiger partial charge on any atom is 0.320 e. The number of carboxylic acid groups (broad SMARTS) is 1. The van der Waals surface area contributed by atoms with Crippen molar-refractivity contribution >= 4 is 17.6 Å². The van der Waals surface area contributed by atoms with Crippen LogP contribution < -0.4 is 5.32 Å². The number of nitrogens with one attached hydrogen (secondary N) is 1. The van der Waals surface area contributed by atoms with Crippen LogP contribution in [0.1, 0.15) is 19.6 Å². The minimum absolute atomic E-state index is 0.000463. The summed E-state index contributed by atoms with van der Waals surface area (Å²) < 4.78 is 5.72. The van der Waals surface area contributed by atoms with Crippen LogP contribution in [-0.2, 0) is 11.3 Å². The molecule has 112 valence electrons. The minimum atomic E-state index is -0.858. The van der Waals surface area contributed by atoms with Gasteiger partial charge in [-0.2, -0.15) is 0 Å². The van der Waals surface area contributed by atoms with Crippen LogP contribution in [-0.4, -0.2) is 17.1 Å². The molecule has 1 aromatic heterocycles. The average Bonchev–Trinajstić information content (AvgIpc) is 2.87. The predicted molar refractivity (Wildman–Crippen MR) is 82.3 cm³/mol. The summed E-state index contributed by atoms with van der Waals surface area (Å²) in [7, 11) is 0. The van der Waals surface area contributed by atoms with Crippen molar-refractivity contribution in [2.75, 3.05) is 0 Å². The second-order valence-electron chi connectivity index (χ2n) is 5.19. The van der Waals surface area contributed by atoms with E-state index in [0.29, 0.717) is 23.1 Å². The predicted octanol–water partition coefficient (Wildman–Crippen LogP) is 3.80. The topological polar surface area (TPSA) is 62.5 Å². The van der Waals surface area contributed by atoms with Crippen molar-refractivity contribution in [1.82, 2.24) is 5.32 Å². The Balaban J connectivity index is 2.07. The zero-order chi connectivity index (χ0) is 15.4. The van der Waals surface area contributed by atoms with Gasteiger partial charge >= 0.3 is 5.97 Å². The van der Waals surface area contributed by atoms with E-state index in [-0.39, 0.29) is 5.92 Å². The molecule has 0 saturated carbocycles. The van der Waals surface area contributed by atoms with Gasteiger partial charge < -0.3 is 9.52 Å². The van der Waals surface area contributed by atoms with Gasteiger partial charge in [-0.1, -0.05) is 37.6 Å². The second-order valence-corrected chi connectivity index (χ2v) is 5.59. The second kappa shape index (κ2) is 6.78. The van der Waals surface area contributed by atoms with Crippen molar-refractivity contribution < 1.29 is 14.3 Å². The molecule has 5 heteroatoms. The molecular weight excluding hydrogens is 290 g/mol. The van der Waals surface area contributed by atoms with E-state index in [1.807, 2.05) is 44.2 Å². The van der Waals surface area contributed by atoms with Crippen molar-refractivity contribution in [3.8, 4) is 11.3 Å². The highest BCUT2D eigenvalue weighted by atomic mass is 35.5. The molecule has 2 aromatic rings. The summed E-state index contributed by atoms with van der Waals surface area (Å²) in [6.07, 6.45) is 0. The third-order valence-electron chi connectivity index (χ3n) is 3.23. The van der Waals surface area contributed by atoms with E-state index in [9.17, 15) is 4.79 Å². The lowest BCUT2D eigenvalue weighted by molar-refractivity contribution is -0.140. The monoisotopic (exact) mass is 307 g/mol. The molecule has 1 unspecified atom stereocenters. The number of carbonyl (C=O) groups is 1. The Morgan fingerprint density at radius 3 is 2.62 bits per heavy atom. The van der Waals surface area contributed by atoms with Crippen LogP contribution in [0.15, 0.2) is 40.8 Å². The van der Waals surface area contributed by atoms with E-state index in [4.69, 9.17) is 21.1 Å². The molecule has 1 heterocycles. The fourth-order valence-electron chi connectivity index (χ4n) is 2.10. The number of furan rings is 1. The number of carboxylic acids is 1. The largest absolute Gasteiger partial charge is 0.480 e. The molecule has 2 rings (SSSR count). The Hall–Kier alpha value is -1.78. The summed E-state index contributed by atoms with van der Waals surface area (Å²) in [6, 6.07) is 10.5. The van der Waals surface area contributed by atoms with E-state index in [1.165, 1.54) is 0 Å². The van der Waals surface area contributed by atoms with Crippen molar-refractivity contribution in [3.05, 3.63) is 47.2 Å². The lowest BCUT2D eigenvalue weighted by Gasteiger charge is -2.16. The number of rotatable bonds is 6. The maximum absolute atomic E-state index is 11.1. The average molecular weight is 308 g/mol. The molecule has 0 bridgehead atoms. The summed E-state index contributed by atoms with van der Waals surface area (Å²) in [6.45, 7) is 4.09. The van der Waals surface area contributed by atoms with Gasteiger partial charge in [-0.25, -0.2) is 0 Å². The summed E-state index contributed by atoms with van der Waals surface area (Å²) in [5.41, 5.74) is 0.823. The molecule has 0 spiro atoms. The summed E-state index contributed by atoms with van der Waals surface area (Å²) in [4.78, 5) is 11.1. The van der Waals surface area contributed by atoms with Gasteiger partial charge in [0.1, 0.15) is 17.6 Å². The Morgan fingerprint density at radius 1 is 1.29 bits per heavy atom. The van der Waals surface area contributed by atoms with Gasteiger partial charge in [0.25, 0.3) is 0 Å². The third-order valence-corrected chi connectivity index (χ3v) is 3.56. The lowest BCUT2D eigenvalue weighted by atomic mass is 10.1. The highest BCUT2D eigenvalue weighted by Gasteiger charge is 2.21. The van der Waals surface area contributed by atoms with Gasteiger partial charge in [-0.15, -0.1) is 0 Å². The zero-order valence-electron chi connectivity index (χ0n) is 12.0. The SMILES string of the molecule is CC(C)C(NCc1ccc(-c2ccccc2Cl)o1)C(=O)O. The molecular formula is C16H18ClNO3. The van der Waals surface area contributed by atoms with Crippen LogP contribution in [0.2, 0.25) is 5.02 Å². The van der Waals surface area contributed by atoms with E-state index in [2.05, 4.69) is 5.32 Å². The quantitative estimate of drug-likeness (QED) is 0.852. The first kappa shape index (κ1) is 15.6. The van der Waals surface area contributed by atoms with Crippen LogP contribution in [0.4, 0.5) is 0 Å². The normalized spacial score (nSPS) is 12.6. The smallest absolute Gasteiger partial charge is 0.320 e. The third kappa shape index (κ3) is 3.86. The fraction of sp³-hybridized carbons (Fsp3) is 0.312. The molecule has 0 aliphatic heterocycles. The number of hydrogen-bond acceptors (Lipinski definition) is 3. The summed E-state index contributed by atoms with van der Waals surface area (Å²) in [5.74, 6) is 0.494. The molecule has 4 nitrogen and oxygen atoms in total. The molecule has 0 amide bonds. The van der Waals surface area contributed by atoms with Gasteiger partial charge in [-0.05, 0) is 30.2 Å². The first-order chi connectivity index (χ1) is 9.99. The lowest BCUT2D eigenvalue weighted by Crippen LogP contribution is -2.40. The van der Waals surface area contributed by atoms with Gasteiger partial charge in [0.2, 0.25) is 0 Å². The Morgan fingerprint density at radius 2 is 2.00 bits per heavy atom. The van der Waals surface area contributed by atoms with Crippen LogP contribution >= 0.6 is 11.6 Å². The molecule has 0 aliphatic carbocycles.